The van der Waals surface area contributed by atoms with Crippen LogP contribution < -0.4 is 0 Å². The van der Waals surface area contributed by atoms with Crippen LogP contribution >= 0.6 is 0 Å². The Balaban J connectivity index is 2.23. The van der Waals surface area contributed by atoms with Gasteiger partial charge in [0, 0.05) is 6.42 Å². The second-order valence-electron chi connectivity index (χ2n) is 13.3. The van der Waals surface area contributed by atoms with Gasteiger partial charge >= 0.3 is 5.97 Å². The summed E-state index contributed by atoms with van der Waals surface area (Å²) in [5.74, 6) is -0.0702. The molecule has 1 aliphatic carbocycles. The molecule has 1 atom stereocenters. The number of hydrogen-bond donors (Lipinski definition) is 0. The molecule has 0 radical (unpaired) electrons. The van der Waals surface area contributed by atoms with E-state index in [4.69, 9.17) is 4.43 Å². The van der Waals surface area contributed by atoms with Crippen molar-refractivity contribution in [3.63, 3.8) is 0 Å². The summed E-state index contributed by atoms with van der Waals surface area (Å²) in [6.07, 6.45) is 20.2. The number of rotatable bonds is 17. The number of allylic oxidation sites excluding steroid dienone is 1. The first-order valence-electron chi connectivity index (χ1n) is 14.8. The summed E-state index contributed by atoms with van der Waals surface area (Å²) in [6, 6.07) is 0. The molecule has 0 aliphatic heterocycles. The minimum atomic E-state index is -1.74. The van der Waals surface area contributed by atoms with E-state index in [1.165, 1.54) is 90.6 Å². The third kappa shape index (κ3) is 12.0. The van der Waals surface area contributed by atoms with Crippen LogP contribution in [0.2, 0.25) is 18.1 Å². The quantitative estimate of drug-likeness (QED) is 0.0848. The number of ether oxygens (including phenoxy) is 1. The molecule has 1 unspecified atom stereocenters. The van der Waals surface area contributed by atoms with Crippen LogP contribution in [0.15, 0.2) is 11.1 Å². The second-order valence-corrected chi connectivity index (χ2v) is 18.0. The third-order valence-corrected chi connectivity index (χ3v) is 13.3. The summed E-state index contributed by atoms with van der Waals surface area (Å²) in [5, 5.41) is 0.270. The molecular weight excluding hydrogens is 448 g/mol. The minimum absolute atomic E-state index is 0.0702. The van der Waals surface area contributed by atoms with Crippen LogP contribution in [0, 0.1) is 5.41 Å². The van der Waals surface area contributed by atoms with Crippen LogP contribution in [0.5, 0.6) is 0 Å². The standard InChI is InChI=1S/C31H60O3Si/c1-26-27(31(5,6)25-24-28(26)34-35(8,9)30(2,3)4)22-20-18-16-14-12-10-11-13-15-17-19-21-23-29(32)33-7/h28H,10-25H2,1-9H3. The molecule has 35 heavy (non-hydrogen) atoms. The smallest absolute Gasteiger partial charge is 0.305 e. The van der Waals surface area contributed by atoms with Gasteiger partial charge in [0.05, 0.1) is 13.2 Å². The average molecular weight is 509 g/mol. The summed E-state index contributed by atoms with van der Waals surface area (Å²) >= 11 is 0. The molecule has 0 amide bonds. The van der Waals surface area contributed by atoms with Gasteiger partial charge in [-0.25, -0.2) is 0 Å². The summed E-state index contributed by atoms with van der Waals surface area (Å²) in [4.78, 5) is 11.1. The van der Waals surface area contributed by atoms with Crippen molar-refractivity contribution in [1.29, 1.82) is 0 Å². The van der Waals surface area contributed by atoms with Crippen molar-refractivity contribution < 1.29 is 14.0 Å². The fourth-order valence-electron chi connectivity index (χ4n) is 5.24. The summed E-state index contributed by atoms with van der Waals surface area (Å²) < 4.78 is 11.6. The van der Waals surface area contributed by atoms with Crippen molar-refractivity contribution in [3.05, 3.63) is 11.1 Å². The van der Waals surface area contributed by atoms with E-state index in [2.05, 4.69) is 59.4 Å². The molecule has 0 fully saturated rings. The van der Waals surface area contributed by atoms with Crippen LogP contribution in [0.25, 0.3) is 0 Å². The Morgan fingerprint density at radius 3 is 1.80 bits per heavy atom. The maximum Gasteiger partial charge on any atom is 0.305 e. The number of carbonyl (C=O) groups is 1. The largest absolute Gasteiger partial charge is 0.469 e. The van der Waals surface area contributed by atoms with E-state index >= 15 is 0 Å². The van der Waals surface area contributed by atoms with E-state index in [1.54, 1.807) is 11.1 Å². The lowest BCUT2D eigenvalue weighted by molar-refractivity contribution is -0.140. The van der Waals surface area contributed by atoms with Crippen molar-refractivity contribution in [2.75, 3.05) is 7.11 Å². The van der Waals surface area contributed by atoms with Crippen molar-refractivity contribution >= 4 is 14.3 Å². The Morgan fingerprint density at radius 1 is 0.886 bits per heavy atom. The van der Waals surface area contributed by atoms with Crippen LogP contribution in [0.3, 0.4) is 0 Å². The van der Waals surface area contributed by atoms with Crippen molar-refractivity contribution in [1.82, 2.24) is 0 Å². The molecule has 0 bridgehead atoms. The van der Waals surface area contributed by atoms with Gasteiger partial charge in [-0.05, 0) is 68.1 Å². The van der Waals surface area contributed by atoms with Crippen molar-refractivity contribution in [2.24, 2.45) is 5.41 Å². The van der Waals surface area contributed by atoms with E-state index < -0.39 is 8.32 Å². The van der Waals surface area contributed by atoms with Crippen LogP contribution in [0.1, 0.15) is 144 Å². The Hall–Kier alpha value is -0.613. The highest BCUT2D eigenvalue weighted by Gasteiger charge is 2.42. The molecule has 1 rings (SSSR count). The highest BCUT2D eigenvalue weighted by atomic mass is 28.4. The first-order chi connectivity index (χ1) is 16.3. The normalized spacial score (nSPS) is 18.7. The molecule has 0 saturated heterocycles. The van der Waals surface area contributed by atoms with Crippen LogP contribution in [-0.4, -0.2) is 27.5 Å². The molecule has 206 valence electrons. The summed E-state index contributed by atoms with van der Waals surface area (Å²) in [5.41, 5.74) is 3.58. The number of hydrogen-bond acceptors (Lipinski definition) is 3. The average Bonchev–Trinajstić information content (AvgIpc) is 2.76. The minimum Gasteiger partial charge on any atom is -0.469 e. The maximum atomic E-state index is 11.1. The fraction of sp³-hybridized carbons (Fsp3) is 0.903. The van der Waals surface area contributed by atoms with Gasteiger partial charge in [-0.15, -0.1) is 0 Å². The predicted molar refractivity (Wildman–Crippen MR) is 154 cm³/mol. The van der Waals surface area contributed by atoms with Gasteiger partial charge in [0.15, 0.2) is 8.32 Å². The molecule has 3 nitrogen and oxygen atoms in total. The Labute approximate surface area is 220 Å². The van der Waals surface area contributed by atoms with Crippen molar-refractivity contribution in [3.8, 4) is 0 Å². The van der Waals surface area contributed by atoms with Crippen molar-refractivity contribution in [2.45, 2.75) is 169 Å². The number of unbranched alkanes of at least 4 members (excludes halogenated alkanes) is 11. The Morgan fingerprint density at radius 2 is 1.34 bits per heavy atom. The zero-order valence-corrected chi connectivity index (χ0v) is 26.1. The van der Waals surface area contributed by atoms with Gasteiger partial charge in [-0.3, -0.25) is 4.79 Å². The first-order valence-corrected chi connectivity index (χ1v) is 17.7. The topological polar surface area (TPSA) is 35.5 Å². The van der Waals surface area contributed by atoms with Crippen LogP contribution in [0.4, 0.5) is 0 Å². The number of esters is 1. The van der Waals surface area contributed by atoms with Gasteiger partial charge in [0.2, 0.25) is 0 Å². The molecule has 0 heterocycles. The zero-order valence-electron chi connectivity index (χ0n) is 25.1. The highest BCUT2D eigenvalue weighted by molar-refractivity contribution is 6.74. The lowest BCUT2D eigenvalue weighted by Gasteiger charge is -2.44. The molecule has 0 spiro atoms. The number of carbonyl (C=O) groups excluding carboxylic acids is 1. The Bertz CT molecular complexity index is 642. The zero-order chi connectivity index (χ0) is 26.5. The van der Waals surface area contributed by atoms with Gasteiger partial charge in [-0.1, -0.05) is 104 Å². The third-order valence-electron chi connectivity index (χ3n) is 8.84. The maximum absolute atomic E-state index is 11.1. The molecule has 0 aromatic heterocycles. The van der Waals surface area contributed by atoms with E-state index in [9.17, 15) is 4.79 Å². The van der Waals surface area contributed by atoms with Gasteiger partial charge < -0.3 is 9.16 Å². The molecule has 0 aromatic carbocycles. The molecule has 0 aromatic rings. The molecule has 4 heteroatoms. The van der Waals surface area contributed by atoms with E-state index in [-0.39, 0.29) is 11.0 Å². The van der Waals surface area contributed by atoms with E-state index in [0.29, 0.717) is 17.9 Å². The molecular formula is C31H60O3Si. The highest BCUT2D eigenvalue weighted by Crippen LogP contribution is 2.46. The predicted octanol–water partition coefficient (Wildman–Crippen LogP) is 10.1. The second kappa shape index (κ2) is 15.6. The molecule has 0 N–H and O–H groups in total. The SMILES string of the molecule is COC(=O)CCCCCCCCCCCCCCC1=C(C)C(O[Si](C)(C)C(C)(C)C)CCC1(C)C. The fourth-order valence-corrected chi connectivity index (χ4v) is 6.60. The van der Waals surface area contributed by atoms with Crippen LogP contribution in [-0.2, 0) is 14.0 Å². The first kappa shape index (κ1) is 32.4. The monoisotopic (exact) mass is 508 g/mol. The summed E-state index contributed by atoms with van der Waals surface area (Å²) in [6.45, 7) is 19.1. The molecule has 0 saturated carbocycles. The van der Waals surface area contributed by atoms with Gasteiger partial charge in [0.25, 0.3) is 0 Å². The van der Waals surface area contributed by atoms with Gasteiger partial charge in [-0.2, -0.15) is 0 Å². The Kier molecular flexibility index (Phi) is 14.4. The molecule has 1 aliphatic rings. The lowest BCUT2D eigenvalue weighted by atomic mass is 9.70. The number of methoxy groups -OCH3 is 1. The van der Waals surface area contributed by atoms with E-state index in [1.807, 2.05) is 0 Å². The lowest BCUT2D eigenvalue weighted by Crippen LogP contribution is -2.45. The van der Waals surface area contributed by atoms with Gasteiger partial charge in [0.1, 0.15) is 0 Å². The summed E-state index contributed by atoms with van der Waals surface area (Å²) in [7, 11) is -0.267. The van der Waals surface area contributed by atoms with E-state index in [0.717, 1.165) is 12.8 Å².